The Morgan fingerprint density at radius 1 is 0.842 bits per heavy atom. The van der Waals surface area contributed by atoms with Gasteiger partial charge < -0.3 is 19.5 Å². The Labute approximate surface area is 119 Å². The van der Waals surface area contributed by atoms with Gasteiger partial charge >= 0.3 is 0 Å². The maximum Gasteiger partial charge on any atom is 0.0701 e. The molecule has 0 fully saturated rings. The van der Waals surface area contributed by atoms with Crippen molar-refractivity contribution in [3.8, 4) is 0 Å². The van der Waals surface area contributed by atoms with Gasteiger partial charge in [-0.3, -0.25) is 0 Å². The van der Waals surface area contributed by atoms with Gasteiger partial charge in [0.05, 0.1) is 26.4 Å². The van der Waals surface area contributed by atoms with Crippen LogP contribution in [0, 0.1) is 5.92 Å². The molecular formula is C15H33NO3. The van der Waals surface area contributed by atoms with Gasteiger partial charge in [0.15, 0.2) is 0 Å². The third-order valence-electron chi connectivity index (χ3n) is 3.03. The van der Waals surface area contributed by atoms with Crippen LogP contribution in [-0.4, -0.2) is 53.2 Å². The third kappa shape index (κ3) is 14.1. The highest BCUT2D eigenvalue weighted by Gasteiger charge is 2.06. The number of ether oxygens (including phenoxy) is 3. The van der Waals surface area contributed by atoms with E-state index < -0.39 is 0 Å². The average Bonchev–Trinajstić information content (AvgIpc) is 2.42. The second kappa shape index (κ2) is 15.9. The van der Waals surface area contributed by atoms with Crippen molar-refractivity contribution in [3.05, 3.63) is 0 Å². The van der Waals surface area contributed by atoms with E-state index in [0.29, 0.717) is 26.4 Å². The molecule has 0 aliphatic heterocycles. The van der Waals surface area contributed by atoms with Crippen molar-refractivity contribution >= 4 is 0 Å². The first-order chi connectivity index (χ1) is 9.35. The Morgan fingerprint density at radius 3 is 2.16 bits per heavy atom. The SMILES string of the molecule is CCCNCC(CCC)CCOCCOCCOC. The van der Waals surface area contributed by atoms with Gasteiger partial charge in [0.25, 0.3) is 0 Å². The lowest BCUT2D eigenvalue weighted by Gasteiger charge is -2.16. The first kappa shape index (κ1) is 18.8. The highest BCUT2D eigenvalue weighted by Crippen LogP contribution is 2.10. The average molecular weight is 275 g/mol. The molecule has 0 radical (unpaired) electrons. The third-order valence-corrected chi connectivity index (χ3v) is 3.03. The molecular weight excluding hydrogens is 242 g/mol. The molecule has 0 aliphatic rings. The minimum absolute atomic E-state index is 0.652. The number of rotatable bonds is 15. The summed E-state index contributed by atoms with van der Waals surface area (Å²) in [7, 11) is 1.68. The van der Waals surface area contributed by atoms with Crippen LogP contribution in [0.15, 0.2) is 0 Å². The second-order valence-electron chi connectivity index (χ2n) is 4.87. The van der Waals surface area contributed by atoms with E-state index >= 15 is 0 Å². The topological polar surface area (TPSA) is 39.7 Å². The van der Waals surface area contributed by atoms with Crippen LogP contribution in [-0.2, 0) is 14.2 Å². The van der Waals surface area contributed by atoms with Gasteiger partial charge in [-0.1, -0.05) is 20.3 Å². The van der Waals surface area contributed by atoms with Gasteiger partial charge in [0.1, 0.15) is 0 Å². The van der Waals surface area contributed by atoms with Crippen LogP contribution in [0.25, 0.3) is 0 Å². The van der Waals surface area contributed by atoms with Gasteiger partial charge in [0, 0.05) is 13.7 Å². The van der Waals surface area contributed by atoms with Crippen molar-refractivity contribution in [1.82, 2.24) is 5.32 Å². The number of methoxy groups -OCH3 is 1. The van der Waals surface area contributed by atoms with Gasteiger partial charge in [-0.05, 0) is 38.3 Å². The Morgan fingerprint density at radius 2 is 1.53 bits per heavy atom. The number of hydrogen-bond acceptors (Lipinski definition) is 4. The Bertz CT molecular complexity index is 167. The van der Waals surface area contributed by atoms with Crippen molar-refractivity contribution in [2.24, 2.45) is 5.92 Å². The Kier molecular flexibility index (Phi) is 15.8. The molecule has 0 aromatic heterocycles. The van der Waals surface area contributed by atoms with Crippen LogP contribution < -0.4 is 5.32 Å². The van der Waals surface area contributed by atoms with Crippen LogP contribution >= 0.6 is 0 Å². The van der Waals surface area contributed by atoms with Crippen LogP contribution in [0.3, 0.4) is 0 Å². The minimum Gasteiger partial charge on any atom is -0.382 e. The summed E-state index contributed by atoms with van der Waals surface area (Å²) in [6, 6.07) is 0. The molecule has 0 rings (SSSR count). The number of hydrogen-bond donors (Lipinski definition) is 1. The molecule has 0 spiro atoms. The number of nitrogens with one attached hydrogen (secondary N) is 1. The van der Waals surface area contributed by atoms with Crippen LogP contribution in [0.2, 0.25) is 0 Å². The smallest absolute Gasteiger partial charge is 0.0701 e. The van der Waals surface area contributed by atoms with E-state index in [9.17, 15) is 0 Å². The largest absolute Gasteiger partial charge is 0.382 e. The van der Waals surface area contributed by atoms with Crippen molar-refractivity contribution in [2.75, 3.05) is 53.2 Å². The molecule has 19 heavy (non-hydrogen) atoms. The van der Waals surface area contributed by atoms with E-state index in [0.717, 1.165) is 32.0 Å². The van der Waals surface area contributed by atoms with E-state index in [1.165, 1.54) is 19.3 Å². The highest BCUT2D eigenvalue weighted by molar-refractivity contribution is 4.62. The van der Waals surface area contributed by atoms with Crippen molar-refractivity contribution in [3.63, 3.8) is 0 Å². The summed E-state index contributed by atoms with van der Waals surface area (Å²) in [6.45, 7) is 10.2. The van der Waals surface area contributed by atoms with Crippen LogP contribution in [0.5, 0.6) is 0 Å². The molecule has 116 valence electrons. The maximum atomic E-state index is 5.60. The van der Waals surface area contributed by atoms with Crippen molar-refractivity contribution in [1.29, 1.82) is 0 Å². The van der Waals surface area contributed by atoms with E-state index in [4.69, 9.17) is 14.2 Å². The van der Waals surface area contributed by atoms with Gasteiger partial charge in [0.2, 0.25) is 0 Å². The Hall–Kier alpha value is -0.160. The quantitative estimate of drug-likeness (QED) is 0.466. The van der Waals surface area contributed by atoms with Crippen molar-refractivity contribution in [2.45, 2.75) is 39.5 Å². The standard InChI is InChI=1S/C15H33NO3/c1-4-6-15(14-16-8-5-2)7-9-18-12-13-19-11-10-17-3/h15-16H,4-14H2,1-3H3. The molecule has 1 atom stereocenters. The molecule has 0 heterocycles. The molecule has 0 amide bonds. The van der Waals surface area contributed by atoms with Crippen LogP contribution in [0.1, 0.15) is 39.5 Å². The Balaban J connectivity index is 3.36. The molecule has 0 bridgehead atoms. The summed E-state index contributed by atoms with van der Waals surface area (Å²) in [5.41, 5.74) is 0. The summed E-state index contributed by atoms with van der Waals surface area (Å²) in [6.07, 6.45) is 4.87. The predicted octanol–water partition coefficient (Wildman–Crippen LogP) is 2.47. The molecule has 0 aromatic carbocycles. The zero-order chi connectivity index (χ0) is 14.2. The summed E-state index contributed by atoms with van der Waals surface area (Å²) in [5, 5.41) is 3.50. The lowest BCUT2D eigenvalue weighted by atomic mass is 10.0. The predicted molar refractivity (Wildman–Crippen MR) is 79.7 cm³/mol. The van der Waals surface area contributed by atoms with E-state index in [1.54, 1.807) is 7.11 Å². The molecule has 0 saturated carbocycles. The second-order valence-corrected chi connectivity index (χ2v) is 4.87. The van der Waals surface area contributed by atoms with Crippen LogP contribution in [0.4, 0.5) is 0 Å². The van der Waals surface area contributed by atoms with Crippen molar-refractivity contribution < 1.29 is 14.2 Å². The molecule has 0 aromatic rings. The zero-order valence-corrected chi connectivity index (χ0v) is 13.1. The summed E-state index contributed by atoms with van der Waals surface area (Å²) in [4.78, 5) is 0. The van der Waals surface area contributed by atoms with Gasteiger partial charge in [-0.15, -0.1) is 0 Å². The summed E-state index contributed by atoms with van der Waals surface area (Å²) < 4.78 is 15.9. The van der Waals surface area contributed by atoms with Gasteiger partial charge in [-0.2, -0.15) is 0 Å². The lowest BCUT2D eigenvalue weighted by molar-refractivity contribution is 0.0216. The first-order valence-electron chi connectivity index (χ1n) is 7.70. The van der Waals surface area contributed by atoms with E-state index in [2.05, 4.69) is 19.2 Å². The van der Waals surface area contributed by atoms with E-state index in [1.807, 2.05) is 0 Å². The fourth-order valence-electron chi connectivity index (χ4n) is 1.95. The van der Waals surface area contributed by atoms with Gasteiger partial charge in [-0.25, -0.2) is 0 Å². The lowest BCUT2D eigenvalue weighted by Crippen LogP contribution is -2.24. The molecule has 4 heteroatoms. The fourth-order valence-corrected chi connectivity index (χ4v) is 1.95. The molecule has 1 unspecified atom stereocenters. The molecule has 1 N–H and O–H groups in total. The molecule has 4 nitrogen and oxygen atoms in total. The summed E-state index contributed by atoms with van der Waals surface area (Å²) >= 11 is 0. The minimum atomic E-state index is 0.652. The first-order valence-corrected chi connectivity index (χ1v) is 7.70. The summed E-state index contributed by atoms with van der Waals surface area (Å²) in [5.74, 6) is 0.742. The fraction of sp³-hybridized carbons (Fsp3) is 1.00. The highest BCUT2D eigenvalue weighted by atomic mass is 16.5. The normalized spacial score (nSPS) is 12.8. The maximum absolute atomic E-state index is 5.60. The van der Waals surface area contributed by atoms with E-state index in [-0.39, 0.29) is 0 Å². The molecule has 0 aliphatic carbocycles. The monoisotopic (exact) mass is 275 g/mol. The zero-order valence-electron chi connectivity index (χ0n) is 13.1. The molecule has 0 saturated heterocycles.